The highest BCUT2D eigenvalue weighted by atomic mass is 16.5. The molecule has 4 rings (SSSR count). The van der Waals surface area contributed by atoms with E-state index in [1.54, 1.807) is 15.6 Å². The average molecular weight is 403 g/mol. The molecule has 6 nitrogen and oxygen atoms in total. The lowest BCUT2D eigenvalue weighted by atomic mass is 10.2. The standard InChI is InChI=1S/C24H25N3O3/c1-17(2)26(19-9-5-3-6-10-19)23(28)16-30-24(29)22-15-21(18-13-14-18)25-27(22)20-11-7-4-8-12-20/h3-12,15,17-18H,13-14,16H2,1-2H3. The minimum atomic E-state index is -0.552. The molecule has 0 unspecified atom stereocenters. The lowest BCUT2D eigenvalue weighted by molar-refractivity contribution is -0.122. The van der Waals surface area contributed by atoms with Gasteiger partial charge in [0.25, 0.3) is 5.91 Å². The molecule has 1 saturated carbocycles. The van der Waals surface area contributed by atoms with Gasteiger partial charge in [-0.15, -0.1) is 0 Å². The number of amides is 1. The number of aromatic nitrogens is 2. The molecule has 1 aromatic heterocycles. The van der Waals surface area contributed by atoms with Gasteiger partial charge in [-0.2, -0.15) is 5.10 Å². The minimum absolute atomic E-state index is 0.0603. The number of hydrogen-bond donors (Lipinski definition) is 0. The fraction of sp³-hybridized carbons (Fsp3) is 0.292. The zero-order valence-corrected chi connectivity index (χ0v) is 17.2. The van der Waals surface area contributed by atoms with Gasteiger partial charge in [-0.25, -0.2) is 9.48 Å². The zero-order chi connectivity index (χ0) is 21.1. The maximum atomic E-state index is 12.9. The SMILES string of the molecule is CC(C)N(C(=O)COC(=O)c1cc(C2CC2)nn1-c1ccccc1)c1ccccc1. The predicted octanol–water partition coefficient (Wildman–Crippen LogP) is 4.35. The first-order valence-electron chi connectivity index (χ1n) is 10.2. The third kappa shape index (κ3) is 4.27. The minimum Gasteiger partial charge on any atom is -0.451 e. The van der Waals surface area contributed by atoms with Crippen LogP contribution in [0.15, 0.2) is 66.7 Å². The van der Waals surface area contributed by atoms with E-state index in [-0.39, 0.29) is 18.6 Å². The summed E-state index contributed by atoms with van der Waals surface area (Å²) in [6.45, 7) is 3.53. The summed E-state index contributed by atoms with van der Waals surface area (Å²) in [6, 6.07) is 20.6. The highest BCUT2D eigenvalue weighted by Crippen LogP contribution is 2.39. The Balaban J connectivity index is 1.52. The van der Waals surface area contributed by atoms with Crippen molar-refractivity contribution in [1.29, 1.82) is 0 Å². The molecule has 1 aliphatic rings. The van der Waals surface area contributed by atoms with Crippen molar-refractivity contribution in [3.63, 3.8) is 0 Å². The van der Waals surface area contributed by atoms with E-state index in [0.717, 1.165) is 29.9 Å². The van der Waals surface area contributed by atoms with Crippen LogP contribution in [0.25, 0.3) is 5.69 Å². The van der Waals surface area contributed by atoms with Gasteiger partial charge in [0.2, 0.25) is 0 Å². The maximum Gasteiger partial charge on any atom is 0.357 e. The van der Waals surface area contributed by atoms with Crippen LogP contribution >= 0.6 is 0 Å². The number of carbonyl (C=O) groups excluding carboxylic acids is 2. The second kappa shape index (κ2) is 8.53. The highest BCUT2D eigenvalue weighted by Gasteiger charge is 2.30. The molecular formula is C24H25N3O3. The van der Waals surface area contributed by atoms with E-state index in [0.29, 0.717) is 11.6 Å². The van der Waals surface area contributed by atoms with Crippen LogP contribution in [0, 0.1) is 0 Å². The number of esters is 1. The lowest BCUT2D eigenvalue weighted by Gasteiger charge is -2.26. The summed E-state index contributed by atoms with van der Waals surface area (Å²) in [7, 11) is 0. The molecule has 1 fully saturated rings. The van der Waals surface area contributed by atoms with Gasteiger partial charge >= 0.3 is 5.97 Å². The van der Waals surface area contributed by atoms with Crippen LogP contribution in [0.3, 0.4) is 0 Å². The number of carbonyl (C=O) groups is 2. The molecule has 0 spiro atoms. The van der Waals surface area contributed by atoms with Crippen molar-refractivity contribution in [2.75, 3.05) is 11.5 Å². The van der Waals surface area contributed by atoms with Crippen LogP contribution < -0.4 is 4.90 Å². The van der Waals surface area contributed by atoms with E-state index < -0.39 is 5.97 Å². The summed E-state index contributed by atoms with van der Waals surface area (Å²) in [5.41, 5.74) is 2.80. The molecule has 6 heteroatoms. The van der Waals surface area contributed by atoms with Gasteiger partial charge in [0.15, 0.2) is 12.3 Å². The molecule has 0 aliphatic heterocycles. The normalized spacial score (nSPS) is 13.3. The summed E-state index contributed by atoms with van der Waals surface area (Å²) >= 11 is 0. The summed E-state index contributed by atoms with van der Waals surface area (Å²) in [6.07, 6.45) is 2.17. The van der Waals surface area contributed by atoms with Crippen LogP contribution in [0.1, 0.15) is 48.8 Å². The van der Waals surface area contributed by atoms with Crippen LogP contribution in [0.4, 0.5) is 5.69 Å². The summed E-state index contributed by atoms with van der Waals surface area (Å²) in [5, 5.41) is 4.62. The Morgan fingerprint density at radius 2 is 1.70 bits per heavy atom. The van der Waals surface area contributed by atoms with E-state index in [4.69, 9.17) is 4.74 Å². The second-order valence-corrected chi connectivity index (χ2v) is 7.75. The fourth-order valence-corrected chi connectivity index (χ4v) is 3.48. The Hall–Kier alpha value is -3.41. The number of hydrogen-bond acceptors (Lipinski definition) is 4. The Morgan fingerprint density at radius 3 is 2.30 bits per heavy atom. The average Bonchev–Trinajstić information content (AvgIpc) is 3.51. The quantitative estimate of drug-likeness (QED) is 0.550. The Labute approximate surface area is 176 Å². The topological polar surface area (TPSA) is 64.4 Å². The summed E-state index contributed by atoms with van der Waals surface area (Å²) in [5.74, 6) is -0.418. The van der Waals surface area contributed by atoms with Gasteiger partial charge in [-0.1, -0.05) is 36.4 Å². The summed E-state index contributed by atoms with van der Waals surface area (Å²) < 4.78 is 7.04. The number of ether oxygens (including phenoxy) is 1. The van der Waals surface area contributed by atoms with Crippen molar-refractivity contribution in [2.45, 2.75) is 38.6 Å². The predicted molar refractivity (Wildman–Crippen MR) is 115 cm³/mol. The summed E-state index contributed by atoms with van der Waals surface area (Å²) in [4.78, 5) is 27.3. The first-order valence-corrected chi connectivity index (χ1v) is 10.2. The molecule has 0 radical (unpaired) electrons. The van der Waals surface area contributed by atoms with Crippen molar-refractivity contribution in [2.24, 2.45) is 0 Å². The number of nitrogens with zero attached hydrogens (tertiary/aromatic N) is 3. The monoisotopic (exact) mass is 403 g/mol. The van der Waals surface area contributed by atoms with Gasteiger partial charge < -0.3 is 9.64 Å². The van der Waals surface area contributed by atoms with Gasteiger partial charge in [0, 0.05) is 17.6 Å². The molecule has 30 heavy (non-hydrogen) atoms. The smallest absolute Gasteiger partial charge is 0.357 e. The first kappa shape index (κ1) is 19.9. The van der Waals surface area contributed by atoms with Gasteiger partial charge in [-0.05, 0) is 57.0 Å². The fourth-order valence-electron chi connectivity index (χ4n) is 3.48. The zero-order valence-electron chi connectivity index (χ0n) is 17.2. The molecule has 3 aromatic rings. The molecule has 0 atom stereocenters. The third-order valence-electron chi connectivity index (χ3n) is 5.08. The van der Waals surface area contributed by atoms with Crippen molar-refractivity contribution < 1.29 is 14.3 Å². The Morgan fingerprint density at radius 1 is 1.07 bits per heavy atom. The first-order chi connectivity index (χ1) is 14.5. The van der Waals surface area contributed by atoms with E-state index in [2.05, 4.69) is 5.10 Å². The largest absolute Gasteiger partial charge is 0.451 e. The van der Waals surface area contributed by atoms with E-state index in [1.807, 2.05) is 74.5 Å². The Bertz CT molecular complexity index is 1020. The van der Waals surface area contributed by atoms with Crippen molar-refractivity contribution in [3.05, 3.63) is 78.1 Å². The van der Waals surface area contributed by atoms with E-state index in [9.17, 15) is 9.59 Å². The highest BCUT2D eigenvalue weighted by molar-refractivity contribution is 5.97. The number of rotatable bonds is 7. The lowest BCUT2D eigenvalue weighted by Crippen LogP contribution is -2.40. The van der Waals surface area contributed by atoms with Crippen LogP contribution in [0.2, 0.25) is 0 Å². The number of benzene rings is 2. The maximum absolute atomic E-state index is 12.9. The van der Waals surface area contributed by atoms with Gasteiger partial charge in [-0.3, -0.25) is 4.79 Å². The second-order valence-electron chi connectivity index (χ2n) is 7.75. The molecule has 1 heterocycles. The molecule has 0 saturated heterocycles. The molecule has 0 N–H and O–H groups in total. The van der Waals surface area contributed by atoms with Crippen LogP contribution in [-0.2, 0) is 9.53 Å². The molecule has 2 aromatic carbocycles. The van der Waals surface area contributed by atoms with E-state index >= 15 is 0 Å². The van der Waals surface area contributed by atoms with E-state index in [1.165, 1.54) is 0 Å². The molecule has 1 amide bonds. The van der Waals surface area contributed by atoms with Gasteiger partial charge in [0.05, 0.1) is 11.4 Å². The van der Waals surface area contributed by atoms with Crippen molar-refractivity contribution in [1.82, 2.24) is 9.78 Å². The molecule has 154 valence electrons. The van der Waals surface area contributed by atoms with Crippen LogP contribution in [0.5, 0.6) is 0 Å². The third-order valence-corrected chi connectivity index (χ3v) is 5.08. The molecule has 1 aliphatic carbocycles. The van der Waals surface area contributed by atoms with Crippen LogP contribution in [-0.4, -0.2) is 34.3 Å². The van der Waals surface area contributed by atoms with Gasteiger partial charge in [0.1, 0.15) is 0 Å². The van der Waals surface area contributed by atoms with Crippen molar-refractivity contribution in [3.8, 4) is 5.69 Å². The molecule has 0 bridgehead atoms. The number of anilines is 1. The molecular weight excluding hydrogens is 378 g/mol. The van der Waals surface area contributed by atoms with Crippen molar-refractivity contribution >= 4 is 17.6 Å². The Kier molecular flexibility index (Phi) is 5.65. The number of para-hydroxylation sites is 2.